The first-order valence-electron chi connectivity index (χ1n) is 8.03. The van der Waals surface area contributed by atoms with Crippen LogP contribution in [0.15, 0.2) is 0 Å². The molecule has 2 amide bonds. The predicted octanol–water partition coefficient (Wildman–Crippen LogP) is 1.79. The van der Waals surface area contributed by atoms with Crippen molar-refractivity contribution in [3.8, 4) is 0 Å². The third-order valence-electron chi connectivity index (χ3n) is 4.48. The van der Waals surface area contributed by atoms with Crippen molar-refractivity contribution in [2.75, 3.05) is 13.2 Å². The lowest BCUT2D eigenvalue weighted by atomic mass is 9.87. The highest BCUT2D eigenvalue weighted by Gasteiger charge is 2.26. The van der Waals surface area contributed by atoms with Gasteiger partial charge in [-0.05, 0) is 44.4 Å². The number of aliphatic hydroxyl groups excluding tert-OH is 1. The van der Waals surface area contributed by atoms with Crippen LogP contribution < -0.4 is 10.6 Å². The molecule has 2 rings (SSSR count). The molecular weight excluding hydrogens is 256 g/mol. The molecule has 116 valence electrons. The highest BCUT2D eigenvalue weighted by atomic mass is 16.5. The third-order valence-corrected chi connectivity index (χ3v) is 4.48. The van der Waals surface area contributed by atoms with Gasteiger partial charge >= 0.3 is 6.03 Å². The monoisotopic (exact) mass is 284 g/mol. The summed E-state index contributed by atoms with van der Waals surface area (Å²) in [6.07, 6.45) is 6.86. The Balaban J connectivity index is 1.68. The van der Waals surface area contributed by atoms with Gasteiger partial charge in [-0.1, -0.05) is 13.3 Å². The zero-order chi connectivity index (χ0) is 14.4. The van der Waals surface area contributed by atoms with Crippen LogP contribution in [0.3, 0.4) is 0 Å². The van der Waals surface area contributed by atoms with Crippen LogP contribution in [-0.4, -0.2) is 42.5 Å². The first kappa shape index (κ1) is 15.6. The van der Waals surface area contributed by atoms with Crippen molar-refractivity contribution in [2.45, 2.75) is 70.1 Å². The fourth-order valence-electron chi connectivity index (χ4n) is 3.28. The normalized spacial score (nSPS) is 31.8. The number of amides is 2. The fourth-order valence-corrected chi connectivity index (χ4v) is 3.28. The molecular formula is C15H28N2O3. The van der Waals surface area contributed by atoms with E-state index < -0.39 is 0 Å². The van der Waals surface area contributed by atoms with Crippen molar-refractivity contribution in [3.63, 3.8) is 0 Å². The zero-order valence-corrected chi connectivity index (χ0v) is 12.4. The van der Waals surface area contributed by atoms with E-state index in [1.165, 1.54) is 0 Å². The summed E-state index contributed by atoms with van der Waals surface area (Å²) in [6, 6.07) is 0.00172. The summed E-state index contributed by atoms with van der Waals surface area (Å²) < 4.78 is 5.64. The summed E-state index contributed by atoms with van der Waals surface area (Å²) in [7, 11) is 0. The number of ether oxygens (including phenoxy) is 1. The summed E-state index contributed by atoms with van der Waals surface area (Å²) in [5, 5.41) is 15.6. The van der Waals surface area contributed by atoms with Gasteiger partial charge in [-0.15, -0.1) is 0 Å². The fraction of sp³-hybridized carbons (Fsp3) is 0.933. The molecule has 0 aromatic heterocycles. The molecule has 1 saturated carbocycles. The van der Waals surface area contributed by atoms with Gasteiger partial charge in [-0.2, -0.15) is 0 Å². The average molecular weight is 284 g/mol. The minimum Gasteiger partial charge on any atom is -0.393 e. The zero-order valence-electron chi connectivity index (χ0n) is 12.4. The first-order chi connectivity index (χ1) is 9.69. The molecule has 1 saturated heterocycles. The van der Waals surface area contributed by atoms with Crippen LogP contribution in [0.5, 0.6) is 0 Å². The molecule has 0 bridgehead atoms. The number of urea groups is 1. The number of aliphatic hydroxyl groups is 1. The number of hydrogen-bond acceptors (Lipinski definition) is 3. The largest absolute Gasteiger partial charge is 0.393 e. The lowest BCUT2D eigenvalue weighted by Crippen LogP contribution is -2.48. The molecule has 0 radical (unpaired) electrons. The molecule has 0 aromatic rings. The second kappa shape index (κ2) is 7.84. The summed E-state index contributed by atoms with van der Waals surface area (Å²) in [6.45, 7) is 3.54. The van der Waals surface area contributed by atoms with Crippen molar-refractivity contribution < 1.29 is 14.6 Å². The molecule has 4 atom stereocenters. The van der Waals surface area contributed by atoms with Crippen LogP contribution in [0.25, 0.3) is 0 Å². The van der Waals surface area contributed by atoms with E-state index in [4.69, 9.17) is 4.74 Å². The van der Waals surface area contributed by atoms with Crippen molar-refractivity contribution in [2.24, 2.45) is 5.92 Å². The quantitative estimate of drug-likeness (QED) is 0.721. The molecule has 1 aliphatic heterocycles. The van der Waals surface area contributed by atoms with Crippen LogP contribution in [-0.2, 0) is 4.74 Å². The SMILES string of the molecule is CCC(NC(=O)NCC1CCCC(O)C1)C1CCCO1. The maximum Gasteiger partial charge on any atom is 0.315 e. The van der Waals surface area contributed by atoms with Crippen molar-refractivity contribution in [3.05, 3.63) is 0 Å². The molecule has 1 aliphatic carbocycles. The van der Waals surface area contributed by atoms with Gasteiger partial charge in [0.2, 0.25) is 0 Å². The molecule has 2 aliphatic rings. The lowest BCUT2D eigenvalue weighted by Gasteiger charge is -2.27. The number of carbonyl (C=O) groups excluding carboxylic acids is 1. The predicted molar refractivity (Wildman–Crippen MR) is 77.6 cm³/mol. The Morgan fingerprint density at radius 1 is 1.35 bits per heavy atom. The topological polar surface area (TPSA) is 70.6 Å². The number of carbonyl (C=O) groups is 1. The maximum atomic E-state index is 12.0. The molecule has 0 spiro atoms. The van der Waals surface area contributed by atoms with E-state index in [2.05, 4.69) is 17.6 Å². The first-order valence-corrected chi connectivity index (χ1v) is 8.03. The number of nitrogens with one attached hydrogen (secondary N) is 2. The number of hydrogen-bond donors (Lipinski definition) is 3. The van der Waals surface area contributed by atoms with Crippen LogP contribution in [0.4, 0.5) is 4.79 Å². The highest BCUT2D eigenvalue weighted by Crippen LogP contribution is 2.23. The van der Waals surface area contributed by atoms with E-state index in [9.17, 15) is 9.90 Å². The summed E-state index contributed by atoms with van der Waals surface area (Å²) >= 11 is 0. The minimum atomic E-state index is -0.186. The van der Waals surface area contributed by atoms with Gasteiger partial charge < -0.3 is 20.5 Å². The summed E-state index contributed by atoms with van der Waals surface area (Å²) in [5.74, 6) is 0.410. The van der Waals surface area contributed by atoms with Gasteiger partial charge in [-0.3, -0.25) is 0 Å². The molecule has 5 heteroatoms. The molecule has 5 nitrogen and oxygen atoms in total. The van der Waals surface area contributed by atoms with Crippen molar-refractivity contribution in [1.29, 1.82) is 0 Å². The molecule has 4 unspecified atom stereocenters. The van der Waals surface area contributed by atoms with Crippen molar-refractivity contribution in [1.82, 2.24) is 10.6 Å². The smallest absolute Gasteiger partial charge is 0.315 e. The van der Waals surface area contributed by atoms with Gasteiger partial charge in [0.25, 0.3) is 0 Å². The van der Waals surface area contributed by atoms with Gasteiger partial charge in [0, 0.05) is 13.2 Å². The van der Waals surface area contributed by atoms with Gasteiger partial charge in [-0.25, -0.2) is 4.79 Å². The van der Waals surface area contributed by atoms with Gasteiger partial charge in [0.1, 0.15) is 0 Å². The van der Waals surface area contributed by atoms with Crippen LogP contribution in [0.1, 0.15) is 51.9 Å². The van der Waals surface area contributed by atoms with Crippen LogP contribution in [0, 0.1) is 5.92 Å². The van der Waals surface area contributed by atoms with E-state index in [1.54, 1.807) is 0 Å². The second-order valence-electron chi connectivity index (χ2n) is 6.11. The molecule has 0 aromatic carbocycles. The van der Waals surface area contributed by atoms with E-state index in [1.807, 2.05) is 0 Å². The van der Waals surface area contributed by atoms with Crippen molar-refractivity contribution >= 4 is 6.03 Å². The Morgan fingerprint density at radius 3 is 2.85 bits per heavy atom. The molecule has 3 N–H and O–H groups in total. The van der Waals surface area contributed by atoms with E-state index in [0.717, 1.165) is 51.6 Å². The van der Waals surface area contributed by atoms with E-state index >= 15 is 0 Å². The molecule has 1 heterocycles. The Labute approximate surface area is 121 Å². The molecule has 20 heavy (non-hydrogen) atoms. The molecule has 2 fully saturated rings. The average Bonchev–Trinajstić information content (AvgIpc) is 2.96. The Hall–Kier alpha value is -0.810. The standard InChI is InChI=1S/C15H28N2O3/c1-2-13(14-7-4-8-20-14)17-15(19)16-10-11-5-3-6-12(18)9-11/h11-14,18H,2-10H2,1H3,(H2,16,17,19). The Kier molecular flexibility index (Phi) is 6.10. The van der Waals surface area contributed by atoms with E-state index in [0.29, 0.717) is 12.5 Å². The summed E-state index contributed by atoms with van der Waals surface area (Å²) in [5.41, 5.74) is 0. The third kappa shape index (κ3) is 4.63. The number of rotatable bonds is 5. The summed E-state index contributed by atoms with van der Waals surface area (Å²) in [4.78, 5) is 12.0. The van der Waals surface area contributed by atoms with Gasteiger partial charge in [0.15, 0.2) is 0 Å². The Bertz CT molecular complexity index is 305. The van der Waals surface area contributed by atoms with Crippen LogP contribution in [0.2, 0.25) is 0 Å². The van der Waals surface area contributed by atoms with E-state index in [-0.39, 0.29) is 24.3 Å². The Morgan fingerprint density at radius 2 is 2.20 bits per heavy atom. The maximum absolute atomic E-state index is 12.0. The minimum absolute atomic E-state index is 0.104. The second-order valence-corrected chi connectivity index (χ2v) is 6.11. The highest BCUT2D eigenvalue weighted by molar-refractivity contribution is 5.74. The van der Waals surface area contributed by atoms with Crippen LogP contribution >= 0.6 is 0 Å². The van der Waals surface area contributed by atoms with Gasteiger partial charge in [0.05, 0.1) is 18.2 Å². The lowest BCUT2D eigenvalue weighted by molar-refractivity contribution is 0.0791.